The Bertz CT molecular complexity index is 558. The fourth-order valence-electron chi connectivity index (χ4n) is 2.58. The summed E-state index contributed by atoms with van der Waals surface area (Å²) in [7, 11) is 0. The van der Waals surface area contributed by atoms with Crippen molar-refractivity contribution in [3.63, 3.8) is 0 Å². The first-order valence-corrected chi connectivity index (χ1v) is 7.03. The first-order valence-electron chi connectivity index (χ1n) is 7.03. The minimum Gasteiger partial charge on any atom is -0.307 e. The van der Waals surface area contributed by atoms with Gasteiger partial charge in [0.15, 0.2) is 0 Å². The Morgan fingerprint density at radius 2 is 1.42 bits per heavy atom. The zero-order chi connectivity index (χ0) is 18.5. The lowest BCUT2D eigenvalue weighted by Crippen LogP contribution is -2.34. The molecule has 134 valence electrons. The number of hydrogen-bond donors (Lipinski definition) is 1. The number of hydrogen-bond acceptors (Lipinski definition) is 3. The van der Waals surface area contributed by atoms with Gasteiger partial charge in [0.25, 0.3) is 0 Å². The summed E-state index contributed by atoms with van der Waals surface area (Å²) >= 11 is 0. The molecule has 1 heterocycles. The average molecular weight is 355 g/mol. The summed E-state index contributed by atoms with van der Waals surface area (Å²) in [5, 5.41) is 3.06. The molecule has 0 aromatic heterocycles. The van der Waals surface area contributed by atoms with E-state index in [9.17, 15) is 26.3 Å². The van der Waals surface area contributed by atoms with Gasteiger partial charge in [-0.2, -0.15) is 35.9 Å². The molecule has 0 amide bonds. The Labute approximate surface area is 134 Å². The van der Waals surface area contributed by atoms with Crippen LogP contribution >= 0.6 is 0 Å². The standard InChI is InChI=1S/C14H15F6N.CO2/c1-8-3-2-4-12(21-8)9-5-10(13(15,16)17)7-11(6-9)14(18,19)20;2-1-3/h5-8,12,21H,2-4H2,1H3;. The van der Waals surface area contributed by atoms with Crippen molar-refractivity contribution in [1.29, 1.82) is 0 Å². The van der Waals surface area contributed by atoms with E-state index < -0.39 is 29.5 Å². The lowest BCUT2D eigenvalue weighted by Gasteiger charge is -2.30. The Balaban J connectivity index is 0.000000891. The van der Waals surface area contributed by atoms with E-state index in [0.29, 0.717) is 6.42 Å². The molecule has 1 saturated heterocycles. The van der Waals surface area contributed by atoms with Gasteiger partial charge < -0.3 is 5.32 Å². The second kappa shape index (κ2) is 7.81. The van der Waals surface area contributed by atoms with Crippen LogP contribution in [0.5, 0.6) is 0 Å². The molecule has 9 heteroatoms. The molecule has 0 radical (unpaired) electrons. The van der Waals surface area contributed by atoms with Crippen molar-refractivity contribution in [2.45, 2.75) is 50.6 Å². The van der Waals surface area contributed by atoms with Gasteiger partial charge in [-0.1, -0.05) is 6.42 Å². The summed E-state index contributed by atoms with van der Waals surface area (Å²) in [4.78, 5) is 16.2. The summed E-state index contributed by atoms with van der Waals surface area (Å²) in [6, 6.07) is 1.39. The molecule has 1 aliphatic rings. The van der Waals surface area contributed by atoms with Crippen LogP contribution in [0.25, 0.3) is 0 Å². The van der Waals surface area contributed by atoms with Crippen LogP contribution in [0.3, 0.4) is 0 Å². The maximum absolute atomic E-state index is 12.8. The topological polar surface area (TPSA) is 46.2 Å². The molecule has 2 unspecified atom stereocenters. The summed E-state index contributed by atoms with van der Waals surface area (Å²) in [6.07, 6.45) is -7.17. The molecule has 24 heavy (non-hydrogen) atoms. The Morgan fingerprint density at radius 1 is 0.958 bits per heavy atom. The summed E-state index contributed by atoms with van der Waals surface area (Å²) in [5.74, 6) is 0. The van der Waals surface area contributed by atoms with Crippen LogP contribution in [0, 0.1) is 0 Å². The van der Waals surface area contributed by atoms with Crippen LogP contribution in [0.2, 0.25) is 0 Å². The molecule has 1 fully saturated rings. The van der Waals surface area contributed by atoms with Crippen LogP contribution in [0.1, 0.15) is 48.9 Å². The van der Waals surface area contributed by atoms with Crippen LogP contribution in [0.4, 0.5) is 26.3 Å². The van der Waals surface area contributed by atoms with Gasteiger partial charge in [0.2, 0.25) is 0 Å². The van der Waals surface area contributed by atoms with Crippen molar-refractivity contribution in [2.75, 3.05) is 0 Å². The van der Waals surface area contributed by atoms with Crippen LogP contribution in [-0.4, -0.2) is 12.2 Å². The molecule has 1 aromatic rings. The van der Waals surface area contributed by atoms with Gasteiger partial charge in [0, 0.05) is 12.1 Å². The highest BCUT2D eigenvalue weighted by Gasteiger charge is 2.37. The Kier molecular flexibility index (Phi) is 6.57. The Morgan fingerprint density at radius 3 is 1.79 bits per heavy atom. The molecular weight excluding hydrogens is 340 g/mol. The van der Waals surface area contributed by atoms with Gasteiger partial charge >= 0.3 is 18.5 Å². The van der Waals surface area contributed by atoms with E-state index in [4.69, 9.17) is 9.59 Å². The van der Waals surface area contributed by atoms with E-state index in [1.165, 1.54) is 0 Å². The van der Waals surface area contributed by atoms with Crippen molar-refractivity contribution in [1.82, 2.24) is 5.32 Å². The first kappa shape index (κ1) is 20.2. The fourth-order valence-corrected chi connectivity index (χ4v) is 2.58. The largest absolute Gasteiger partial charge is 0.416 e. The van der Waals surface area contributed by atoms with Gasteiger partial charge in [0.1, 0.15) is 0 Å². The fraction of sp³-hybridized carbons (Fsp3) is 0.533. The van der Waals surface area contributed by atoms with Crippen molar-refractivity contribution in [3.05, 3.63) is 34.9 Å². The highest BCUT2D eigenvalue weighted by atomic mass is 19.4. The lowest BCUT2D eigenvalue weighted by molar-refractivity contribution is -0.191. The number of alkyl halides is 6. The quantitative estimate of drug-likeness (QED) is 0.762. The van der Waals surface area contributed by atoms with Gasteiger partial charge in [-0.05, 0) is 43.5 Å². The van der Waals surface area contributed by atoms with Gasteiger partial charge in [-0.3, -0.25) is 0 Å². The van der Waals surface area contributed by atoms with E-state index in [0.717, 1.165) is 25.0 Å². The van der Waals surface area contributed by atoms with Crippen molar-refractivity contribution >= 4 is 6.15 Å². The number of halogens is 6. The number of piperidine rings is 1. The first-order chi connectivity index (χ1) is 11.0. The minimum atomic E-state index is -4.80. The third-order valence-corrected chi connectivity index (χ3v) is 3.63. The molecule has 1 N–H and O–H groups in total. The zero-order valence-electron chi connectivity index (χ0n) is 12.6. The summed E-state index contributed by atoms with van der Waals surface area (Å²) < 4.78 is 76.8. The number of nitrogens with one attached hydrogen (secondary N) is 1. The van der Waals surface area contributed by atoms with Crippen LogP contribution in [-0.2, 0) is 21.9 Å². The van der Waals surface area contributed by atoms with E-state index >= 15 is 0 Å². The third-order valence-electron chi connectivity index (χ3n) is 3.63. The van der Waals surface area contributed by atoms with E-state index in [2.05, 4.69) is 5.32 Å². The van der Waals surface area contributed by atoms with Crippen LogP contribution < -0.4 is 5.32 Å². The van der Waals surface area contributed by atoms with E-state index in [1.807, 2.05) is 6.92 Å². The maximum atomic E-state index is 12.8. The van der Waals surface area contributed by atoms with Crippen molar-refractivity contribution in [2.24, 2.45) is 0 Å². The normalized spacial score (nSPS) is 21.5. The number of rotatable bonds is 1. The molecule has 1 aliphatic heterocycles. The predicted octanol–water partition coefficient (Wildman–Crippen LogP) is 4.34. The molecular formula is C15H15F6NO2. The SMILES string of the molecule is CC1CCCC(c2cc(C(F)(F)F)cc(C(F)(F)F)c2)N1.O=C=O. The maximum Gasteiger partial charge on any atom is 0.416 e. The van der Waals surface area contributed by atoms with Crippen molar-refractivity contribution < 1.29 is 35.9 Å². The highest BCUT2D eigenvalue weighted by molar-refractivity contribution is 5.35. The molecule has 0 bridgehead atoms. The summed E-state index contributed by atoms with van der Waals surface area (Å²) in [5.41, 5.74) is -2.47. The third kappa shape index (κ3) is 5.65. The second-order valence-electron chi connectivity index (χ2n) is 5.47. The van der Waals surface area contributed by atoms with E-state index in [-0.39, 0.29) is 23.8 Å². The average Bonchev–Trinajstić information content (AvgIpc) is 2.46. The molecule has 2 atom stereocenters. The number of benzene rings is 1. The monoisotopic (exact) mass is 355 g/mol. The van der Waals surface area contributed by atoms with E-state index in [1.54, 1.807) is 0 Å². The van der Waals surface area contributed by atoms with Gasteiger partial charge in [-0.25, -0.2) is 0 Å². The minimum absolute atomic E-state index is 0.0451. The molecule has 3 nitrogen and oxygen atoms in total. The summed E-state index contributed by atoms with van der Waals surface area (Å²) in [6.45, 7) is 1.87. The second-order valence-corrected chi connectivity index (χ2v) is 5.47. The van der Waals surface area contributed by atoms with Gasteiger partial charge in [0.05, 0.1) is 11.1 Å². The van der Waals surface area contributed by atoms with Crippen LogP contribution in [0.15, 0.2) is 18.2 Å². The predicted molar refractivity (Wildman–Crippen MR) is 70.6 cm³/mol. The molecule has 1 aromatic carbocycles. The smallest absolute Gasteiger partial charge is 0.307 e. The molecule has 0 spiro atoms. The lowest BCUT2D eigenvalue weighted by atomic mass is 9.91. The van der Waals surface area contributed by atoms with Crippen molar-refractivity contribution in [3.8, 4) is 0 Å². The highest BCUT2D eigenvalue weighted by Crippen LogP contribution is 2.38. The number of carbonyl (C=O) groups excluding carboxylic acids is 2. The molecule has 0 saturated carbocycles. The zero-order valence-corrected chi connectivity index (χ0v) is 12.6. The molecule has 0 aliphatic carbocycles. The Hall–Kier alpha value is -1.86. The van der Waals surface area contributed by atoms with Gasteiger partial charge in [-0.15, -0.1) is 0 Å². The molecule has 2 rings (SSSR count).